The molecular formula is C10H18IN5O. The van der Waals surface area contributed by atoms with Crippen molar-refractivity contribution >= 4 is 29.9 Å². The lowest BCUT2D eigenvalue weighted by molar-refractivity contribution is 0.387. The normalized spacial score (nSPS) is 16.9. The second kappa shape index (κ2) is 6.77. The maximum Gasteiger partial charge on any atom is 0.223 e. The molecule has 1 aromatic heterocycles. The maximum absolute atomic E-state index is 5.76. The van der Waals surface area contributed by atoms with Crippen molar-refractivity contribution < 1.29 is 4.52 Å². The second-order valence-corrected chi connectivity index (χ2v) is 4.06. The molecule has 1 fully saturated rings. The summed E-state index contributed by atoms with van der Waals surface area (Å²) in [6.07, 6.45) is 4.90. The Morgan fingerprint density at radius 1 is 1.53 bits per heavy atom. The number of aliphatic imine (C=N–C) groups is 1. The fraction of sp³-hybridized carbons (Fsp3) is 0.700. The van der Waals surface area contributed by atoms with Crippen molar-refractivity contribution in [3.8, 4) is 0 Å². The zero-order valence-electron chi connectivity index (χ0n) is 9.85. The molecule has 2 rings (SSSR count). The maximum atomic E-state index is 5.76. The highest BCUT2D eigenvalue weighted by molar-refractivity contribution is 14.0. The van der Waals surface area contributed by atoms with Crippen LogP contribution in [0.15, 0.2) is 9.52 Å². The molecule has 1 aliphatic carbocycles. The number of guanidine groups is 1. The molecule has 96 valence electrons. The van der Waals surface area contributed by atoms with Crippen LogP contribution in [-0.2, 0) is 6.54 Å². The first kappa shape index (κ1) is 14.2. The first-order chi connectivity index (χ1) is 7.74. The van der Waals surface area contributed by atoms with Gasteiger partial charge in [-0.15, -0.1) is 24.0 Å². The van der Waals surface area contributed by atoms with Crippen LogP contribution < -0.4 is 11.1 Å². The van der Waals surface area contributed by atoms with Crippen molar-refractivity contribution in [3.05, 3.63) is 11.7 Å². The van der Waals surface area contributed by atoms with Gasteiger partial charge in [0, 0.05) is 13.0 Å². The van der Waals surface area contributed by atoms with Gasteiger partial charge >= 0.3 is 0 Å². The van der Waals surface area contributed by atoms with E-state index >= 15 is 0 Å². The predicted octanol–water partition coefficient (Wildman–Crippen LogP) is 1.34. The third-order valence-corrected chi connectivity index (χ3v) is 2.67. The first-order valence-corrected chi connectivity index (χ1v) is 5.59. The Morgan fingerprint density at radius 2 is 2.24 bits per heavy atom. The molecule has 1 aromatic rings. The van der Waals surface area contributed by atoms with E-state index in [-0.39, 0.29) is 24.0 Å². The monoisotopic (exact) mass is 351 g/mol. The van der Waals surface area contributed by atoms with Gasteiger partial charge in [-0.2, -0.15) is 4.98 Å². The number of rotatable bonds is 3. The van der Waals surface area contributed by atoms with Gasteiger partial charge in [-0.1, -0.05) is 18.0 Å². The van der Waals surface area contributed by atoms with E-state index in [0.29, 0.717) is 30.3 Å². The summed E-state index contributed by atoms with van der Waals surface area (Å²) in [6.45, 7) is 2.11. The lowest BCUT2D eigenvalue weighted by Crippen LogP contribution is -2.38. The summed E-state index contributed by atoms with van der Waals surface area (Å²) in [5, 5.41) is 6.94. The summed E-state index contributed by atoms with van der Waals surface area (Å²) in [7, 11) is 0. The Bertz CT molecular complexity index is 373. The highest BCUT2D eigenvalue weighted by Crippen LogP contribution is 2.17. The fourth-order valence-corrected chi connectivity index (χ4v) is 1.89. The Balaban J connectivity index is 0.00000144. The van der Waals surface area contributed by atoms with Crippen molar-refractivity contribution in [3.63, 3.8) is 0 Å². The van der Waals surface area contributed by atoms with E-state index in [2.05, 4.69) is 20.4 Å². The van der Waals surface area contributed by atoms with Gasteiger partial charge in [0.25, 0.3) is 0 Å². The molecule has 0 bridgehead atoms. The Morgan fingerprint density at radius 3 is 2.82 bits per heavy atom. The number of nitrogens with zero attached hydrogens (tertiary/aromatic N) is 3. The lowest BCUT2D eigenvalue weighted by Gasteiger charge is -2.11. The third kappa shape index (κ3) is 4.49. The Hall–Kier alpha value is -0.860. The molecule has 0 atom stereocenters. The smallest absolute Gasteiger partial charge is 0.223 e. The van der Waals surface area contributed by atoms with E-state index in [1.807, 2.05) is 0 Å². The average Bonchev–Trinajstić information content (AvgIpc) is 2.87. The highest BCUT2D eigenvalue weighted by atomic mass is 127. The van der Waals surface area contributed by atoms with Crippen LogP contribution in [0.25, 0.3) is 0 Å². The van der Waals surface area contributed by atoms with Gasteiger partial charge in [-0.05, 0) is 12.8 Å². The van der Waals surface area contributed by atoms with Crippen LogP contribution in [0, 0.1) is 6.92 Å². The summed E-state index contributed by atoms with van der Waals surface area (Å²) in [5.74, 6) is 1.58. The van der Waals surface area contributed by atoms with E-state index in [4.69, 9.17) is 10.3 Å². The van der Waals surface area contributed by atoms with Crippen LogP contribution in [0.1, 0.15) is 37.4 Å². The largest absolute Gasteiger partial charge is 0.370 e. The zero-order valence-corrected chi connectivity index (χ0v) is 12.2. The molecule has 1 saturated carbocycles. The minimum atomic E-state index is 0. The van der Waals surface area contributed by atoms with Crippen molar-refractivity contribution in [2.75, 3.05) is 0 Å². The van der Waals surface area contributed by atoms with Gasteiger partial charge in [-0.25, -0.2) is 4.99 Å². The minimum Gasteiger partial charge on any atom is -0.370 e. The van der Waals surface area contributed by atoms with Crippen LogP contribution in [0.4, 0.5) is 0 Å². The van der Waals surface area contributed by atoms with Crippen molar-refractivity contribution in [1.82, 2.24) is 15.5 Å². The van der Waals surface area contributed by atoms with Gasteiger partial charge in [0.2, 0.25) is 5.89 Å². The van der Waals surface area contributed by atoms with E-state index in [9.17, 15) is 0 Å². The molecule has 0 unspecified atom stereocenters. The van der Waals surface area contributed by atoms with Gasteiger partial charge in [0.1, 0.15) is 6.54 Å². The molecule has 0 radical (unpaired) electrons. The van der Waals surface area contributed by atoms with Gasteiger partial charge < -0.3 is 15.6 Å². The van der Waals surface area contributed by atoms with Crippen LogP contribution in [0.5, 0.6) is 0 Å². The van der Waals surface area contributed by atoms with E-state index in [1.165, 1.54) is 25.7 Å². The second-order valence-electron chi connectivity index (χ2n) is 4.06. The lowest BCUT2D eigenvalue weighted by atomic mass is 10.2. The van der Waals surface area contributed by atoms with E-state index in [0.717, 1.165) is 0 Å². The van der Waals surface area contributed by atoms with Crippen LogP contribution in [0.2, 0.25) is 0 Å². The first-order valence-electron chi connectivity index (χ1n) is 5.59. The quantitative estimate of drug-likeness (QED) is 0.487. The topological polar surface area (TPSA) is 89.3 Å². The molecule has 7 heteroatoms. The third-order valence-electron chi connectivity index (χ3n) is 2.67. The summed E-state index contributed by atoms with van der Waals surface area (Å²) in [4.78, 5) is 8.22. The van der Waals surface area contributed by atoms with Crippen molar-refractivity contribution in [1.29, 1.82) is 0 Å². The number of aromatic nitrogens is 2. The van der Waals surface area contributed by atoms with Gasteiger partial charge in [0.05, 0.1) is 0 Å². The molecular weight excluding hydrogens is 333 g/mol. The van der Waals surface area contributed by atoms with Crippen LogP contribution in [0.3, 0.4) is 0 Å². The number of nitrogens with one attached hydrogen (secondary N) is 1. The molecule has 0 amide bonds. The summed E-state index contributed by atoms with van der Waals surface area (Å²) in [6, 6.07) is 0.482. The number of hydrogen-bond acceptors (Lipinski definition) is 4. The number of aryl methyl sites for hydroxylation is 1. The van der Waals surface area contributed by atoms with Crippen molar-refractivity contribution in [2.45, 2.75) is 45.2 Å². The fourth-order valence-electron chi connectivity index (χ4n) is 1.89. The zero-order chi connectivity index (χ0) is 11.4. The van der Waals surface area contributed by atoms with Crippen LogP contribution in [-0.4, -0.2) is 22.1 Å². The molecule has 0 aromatic carbocycles. The Labute approximate surface area is 117 Å². The summed E-state index contributed by atoms with van der Waals surface area (Å²) in [5.41, 5.74) is 5.76. The predicted molar refractivity (Wildman–Crippen MR) is 75.2 cm³/mol. The van der Waals surface area contributed by atoms with Crippen molar-refractivity contribution in [2.24, 2.45) is 10.7 Å². The summed E-state index contributed by atoms with van der Waals surface area (Å²) >= 11 is 0. The molecule has 1 heterocycles. The van der Waals surface area contributed by atoms with E-state index < -0.39 is 0 Å². The number of nitrogens with two attached hydrogens (primary N) is 1. The molecule has 17 heavy (non-hydrogen) atoms. The number of hydrogen-bond donors (Lipinski definition) is 2. The molecule has 1 aliphatic rings. The molecule has 6 nitrogen and oxygen atoms in total. The SMILES string of the molecule is Cc1nc(CN=C(N)NC2CCCC2)no1.I. The molecule has 0 aliphatic heterocycles. The van der Waals surface area contributed by atoms with Gasteiger partial charge in [0.15, 0.2) is 11.8 Å². The highest BCUT2D eigenvalue weighted by Gasteiger charge is 2.14. The minimum absolute atomic E-state index is 0. The number of halogens is 1. The van der Waals surface area contributed by atoms with Crippen LogP contribution >= 0.6 is 24.0 Å². The molecule has 0 spiro atoms. The average molecular weight is 351 g/mol. The summed E-state index contributed by atoms with van der Waals surface area (Å²) < 4.78 is 4.84. The standard InChI is InChI=1S/C10H17N5O.HI/c1-7-13-9(15-16-7)6-12-10(11)14-8-4-2-3-5-8;/h8H,2-6H2,1H3,(H3,11,12,14);1H. The van der Waals surface area contributed by atoms with Gasteiger partial charge in [-0.3, -0.25) is 0 Å². The molecule has 0 saturated heterocycles. The Kier molecular flexibility index (Phi) is 5.66. The molecule has 3 N–H and O–H groups in total. The van der Waals surface area contributed by atoms with E-state index in [1.54, 1.807) is 6.92 Å².